The van der Waals surface area contributed by atoms with Crippen molar-refractivity contribution in [3.8, 4) is 0 Å². The lowest BCUT2D eigenvalue weighted by Crippen LogP contribution is -2.55. The summed E-state index contributed by atoms with van der Waals surface area (Å²) in [7, 11) is -0.138. The topological polar surface area (TPSA) is 88.1 Å². The van der Waals surface area contributed by atoms with Crippen molar-refractivity contribution < 1.29 is 23.9 Å². The van der Waals surface area contributed by atoms with E-state index in [4.69, 9.17) is 9.16 Å². The zero-order chi connectivity index (χ0) is 24.8. The minimum atomic E-state index is -1.84. The summed E-state index contributed by atoms with van der Waals surface area (Å²) < 4.78 is 12.1. The number of carbonyl (C=O) groups excluding carboxylic acids is 1. The van der Waals surface area contributed by atoms with Crippen molar-refractivity contribution in [1.29, 1.82) is 0 Å². The summed E-state index contributed by atoms with van der Waals surface area (Å²) in [6.45, 7) is 13.3. The molecule has 0 heterocycles. The molecule has 186 valence electrons. The minimum absolute atomic E-state index is 0.162. The summed E-state index contributed by atoms with van der Waals surface area (Å²) >= 11 is 0. The maximum atomic E-state index is 12.9. The summed E-state index contributed by atoms with van der Waals surface area (Å²) in [5.41, 5.74) is 0.913. The highest BCUT2D eigenvalue weighted by Gasteiger charge is 2.42. The average Bonchev–Trinajstić information content (AvgIpc) is 2.72. The van der Waals surface area contributed by atoms with Gasteiger partial charge in [0.05, 0.1) is 12.1 Å². The molecule has 8 heteroatoms. The fourth-order valence-corrected chi connectivity index (χ4v) is 5.85. The Morgan fingerprint density at radius 1 is 1.15 bits per heavy atom. The van der Waals surface area contributed by atoms with E-state index in [-0.39, 0.29) is 29.7 Å². The largest absolute Gasteiger partial charge is 0.465 e. The first-order valence-corrected chi connectivity index (χ1v) is 14.8. The third-order valence-electron chi connectivity index (χ3n) is 7.27. The SMILES string of the molecule is CC(NC(=O)O)C(C1CCC(O[Si](C)(C)C(C)(C)C)CC1)N(C)C(=O)OCc1ccccc1. The quantitative estimate of drug-likeness (QED) is 0.457. The molecule has 1 aliphatic carbocycles. The van der Waals surface area contributed by atoms with Crippen LogP contribution in [0.1, 0.15) is 58.9 Å². The van der Waals surface area contributed by atoms with Crippen LogP contribution in [0.4, 0.5) is 9.59 Å². The predicted octanol–water partition coefficient (Wildman–Crippen LogP) is 5.86. The molecule has 0 bridgehead atoms. The molecular weight excluding hydrogens is 436 g/mol. The molecule has 1 fully saturated rings. The Kier molecular flexibility index (Phi) is 9.37. The molecule has 2 amide bonds. The molecule has 7 nitrogen and oxygen atoms in total. The molecule has 2 unspecified atom stereocenters. The summed E-state index contributed by atoms with van der Waals surface area (Å²) in [4.78, 5) is 25.8. The van der Waals surface area contributed by atoms with Gasteiger partial charge in [-0.2, -0.15) is 0 Å². The van der Waals surface area contributed by atoms with Crippen LogP contribution in [0.15, 0.2) is 30.3 Å². The molecule has 2 atom stereocenters. The third-order valence-corrected chi connectivity index (χ3v) is 11.8. The van der Waals surface area contributed by atoms with E-state index >= 15 is 0 Å². The third kappa shape index (κ3) is 7.74. The van der Waals surface area contributed by atoms with Crippen molar-refractivity contribution in [1.82, 2.24) is 10.2 Å². The van der Waals surface area contributed by atoms with E-state index in [9.17, 15) is 14.7 Å². The normalized spacial score (nSPS) is 21.1. The predicted molar refractivity (Wildman–Crippen MR) is 133 cm³/mol. The van der Waals surface area contributed by atoms with E-state index in [0.717, 1.165) is 31.2 Å². The van der Waals surface area contributed by atoms with Crippen LogP contribution in [0.2, 0.25) is 18.1 Å². The molecule has 0 spiro atoms. The molecule has 0 saturated heterocycles. The average molecular weight is 479 g/mol. The standard InChI is InChI=1S/C25H42N2O5Si/c1-18(26-23(28)29)22(27(5)24(30)31-17-19-11-9-8-10-12-19)20-13-15-21(16-14-20)32-33(6,7)25(2,3)4/h8-12,18,20-22,26H,13-17H2,1-7H3,(H,28,29). The van der Waals surface area contributed by atoms with Gasteiger partial charge in [-0.05, 0) is 62.2 Å². The van der Waals surface area contributed by atoms with Crippen LogP contribution < -0.4 is 5.32 Å². The van der Waals surface area contributed by atoms with E-state index in [1.165, 1.54) is 0 Å². The molecule has 2 rings (SSSR count). The van der Waals surface area contributed by atoms with Crippen molar-refractivity contribution in [3.63, 3.8) is 0 Å². The van der Waals surface area contributed by atoms with Gasteiger partial charge in [0.25, 0.3) is 0 Å². The molecule has 1 saturated carbocycles. The number of benzene rings is 1. The van der Waals surface area contributed by atoms with Gasteiger partial charge < -0.3 is 24.5 Å². The Hall–Kier alpha value is -2.06. The lowest BCUT2D eigenvalue weighted by Gasteiger charge is -2.44. The van der Waals surface area contributed by atoms with Crippen molar-refractivity contribution in [2.24, 2.45) is 5.92 Å². The first-order chi connectivity index (χ1) is 15.3. The Labute approximate surface area is 200 Å². The van der Waals surface area contributed by atoms with Gasteiger partial charge in [-0.1, -0.05) is 51.1 Å². The number of likely N-dealkylation sites (N-methyl/N-ethyl adjacent to an activating group) is 1. The summed E-state index contributed by atoms with van der Waals surface area (Å²) in [6.07, 6.45) is 2.29. The van der Waals surface area contributed by atoms with Crippen molar-refractivity contribution in [2.45, 2.75) is 96.3 Å². The van der Waals surface area contributed by atoms with Gasteiger partial charge in [0.1, 0.15) is 6.61 Å². The van der Waals surface area contributed by atoms with Crippen LogP contribution in [0.3, 0.4) is 0 Å². The number of amides is 2. The van der Waals surface area contributed by atoms with Crippen LogP contribution in [0.25, 0.3) is 0 Å². The Morgan fingerprint density at radius 3 is 2.24 bits per heavy atom. The molecule has 33 heavy (non-hydrogen) atoms. The first-order valence-electron chi connectivity index (χ1n) is 11.9. The van der Waals surface area contributed by atoms with Crippen LogP contribution in [-0.4, -0.2) is 55.7 Å². The van der Waals surface area contributed by atoms with Crippen LogP contribution in [0.5, 0.6) is 0 Å². The molecular formula is C25H42N2O5Si. The van der Waals surface area contributed by atoms with E-state index < -0.39 is 26.5 Å². The van der Waals surface area contributed by atoms with Crippen LogP contribution in [-0.2, 0) is 15.8 Å². The van der Waals surface area contributed by atoms with Gasteiger partial charge >= 0.3 is 12.2 Å². The fraction of sp³-hybridized carbons (Fsp3) is 0.680. The zero-order valence-corrected chi connectivity index (χ0v) is 22.3. The maximum absolute atomic E-state index is 12.9. The fourth-order valence-electron chi connectivity index (χ4n) is 4.42. The van der Waals surface area contributed by atoms with Gasteiger partial charge in [0, 0.05) is 13.2 Å². The number of nitrogens with one attached hydrogen (secondary N) is 1. The number of ether oxygens (including phenoxy) is 1. The maximum Gasteiger partial charge on any atom is 0.410 e. The zero-order valence-electron chi connectivity index (χ0n) is 21.3. The molecule has 1 aromatic rings. The second-order valence-corrected chi connectivity index (χ2v) is 15.6. The number of rotatable bonds is 8. The molecule has 0 radical (unpaired) electrons. The first kappa shape index (κ1) is 27.2. The number of carboxylic acid groups (broad SMARTS) is 1. The summed E-state index contributed by atoms with van der Waals surface area (Å²) in [5, 5.41) is 12.0. The Morgan fingerprint density at radius 2 is 1.73 bits per heavy atom. The minimum Gasteiger partial charge on any atom is -0.465 e. The number of nitrogens with zero attached hydrogens (tertiary/aromatic N) is 1. The van der Waals surface area contributed by atoms with Crippen molar-refractivity contribution >= 4 is 20.5 Å². The van der Waals surface area contributed by atoms with E-state index in [0.29, 0.717) is 0 Å². The molecule has 2 N–H and O–H groups in total. The Balaban J connectivity index is 2.04. The van der Waals surface area contributed by atoms with Gasteiger partial charge in [-0.15, -0.1) is 0 Å². The monoisotopic (exact) mass is 478 g/mol. The smallest absolute Gasteiger partial charge is 0.410 e. The second kappa shape index (κ2) is 11.4. The number of hydrogen-bond donors (Lipinski definition) is 2. The van der Waals surface area contributed by atoms with Gasteiger partial charge in [0.15, 0.2) is 8.32 Å². The molecule has 1 aromatic carbocycles. The highest BCUT2D eigenvalue weighted by atomic mass is 28.4. The summed E-state index contributed by atoms with van der Waals surface area (Å²) in [5.74, 6) is 0.167. The van der Waals surface area contributed by atoms with Crippen LogP contribution in [0, 0.1) is 5.92 Å². The van der Waals surface area contributed by atoms with Gasteiger partial charge in [-0.3, -0.25) is 0 Å². The van der Waals surface area contributed by atoms with E-state index in [1.54, 1.807) is 11.9 Å². The van der Waals surface area contributed by atoms with E-state index in [2.05, 4.69) is 39.2 Å². The van der Waals surface area contributed by atoms with Crippen molar-refractivity contribution in [2.75, 3.05) is 7.05 Å². The number of hydrogen-bond acceptors (Lipinski definition) is 4. The van der Waals surface area contributed by atoms with Crippen LogP contribution >= 0.6 is 0 Å². The van der Waals surface area contributed by atoms with Gasteiger partial charge in [0.2, 0.25) is 0 Å². The number of carbonyl (C=O) groups is 2. The van der Waals surface area contributed by atoms with E-state index in [1.807, 2.05) is 37.3 Å². The Bertz CT molecular complexity index is 773. The lowest BCUT2D eigenvalue weighted by atomic mass is 9.79. The van der Waals surface area contributed by atoms with Crippen molar-refractivity contribution in [3.05, 3.63) is 35.9 Å². The molecule has 0 aliphatic heterocycles. The second-order valence-electron chi connectivity index (χ2n) is 10.8. The molecule has 1 aliphatic rings. The highest BCUT2D eigenvalue weighted by Crippen LogP contribution is 2.40. The van der Waals surface area contributed by atoms with Gasteiger partial charge in [-0.25, -0.2) is 9.59 Å². The molecule has 0 aromatic heterocycles. The lowest BCUT2D eigenvalue weighted by molar-refractivity contribution is 0.0452. The summed E-state index contributed by atoms with van der Waals surface area (Å²) in [6, 6.07) is 8.82. The highest BCUT2D eigenvalue weighted by molar-refractivity contribution is 6.74.